The van der Waals surface area contributed by atoms with E-state index in [-0.39, 0.29) is 24.8 Å². The highest BCUT2D eigenvalue weighted by Crippen LogP contribution is 2.36. The highest BCUT2D eigenvalue weighted by Gasteiger charge is 2.20. The first-order valence-corrected chi connectivity index (χ1v) is 10.1. The van der Waals surface area contributed by atoms with Crippen LogP contribution in [-0.2, 0) is 0 Å². The van der Waals surface area contributed by atoms with Gasteiger partial charge in [-0.3, -0.25) is 0 Å². The maximum atomic E-state index is 5.78. The lowest BCUT2D eigenvalue weighted by molar-refractivity contribution is 0.171. The van der Waals surface area contributed by atoms with E-state index in [1.165, 1.54) is 10.8 Å². The molecule has 0 spiro atoms. The van der Waals surface area contributed by atoms with Crippen molar-refractivity contribution in [2.75, 3.05) is 50.8 Å². The van der Waals surface area contributed by atoms with Crippen LogP contribution in [0.5, 0.6) is 11.5 Å². The van der Waals surface area contributed by atoms with E-state index in [0.717, 1.165) is 61.3 Å². The lowest BCUT2D eigenvalue weighted by Gasteiger charge is -2.35. The fourth-order valence-corrected chi connectivity index (χ4v) is 4.05. The summed E-state index contributed by atoms with van der Waals surface area (Å²) >= 11 is 0. The number of aromatic nitrogens is 1. The number of hydrogen-bond donors (Lipinski definition) is 0. The number of benzene rings is 2. The van der Waals surface area contributed by atoms with Gasteiger partial charge in [0.05, 0.1) is 5.69 Å². The van der Waals surface area contributed by atoms with Gasteiger partial charge in [0.25, 0.3) is 0 Å². The van der Waals surface area contributed by atoms with Crippen LogP contribution in [0, 0.1) is 0 Å². The van der Waals surface area contributed by atoms with Gasteiger partial charge in [-0.05, 0) is 36.2 Å². The zero-order valence-electron chi connectivity index (χ0n) is 17.0. The number of nitrogens with zero attached hydrogens (tertiary/aromatic N) is 3. The Morgan fingerprint density at radius 3 is 2.37 bits per heavy atom. The summed E-state index contributed by atoms with van der Waals surface area (Å²) in [6, 6.07) is 16.8. The highest BCUT2D eigenvalue weighted by atomic mass is 35.5. The number of anilines is 1. The molecule has 0 saturated carbocycles. The number of ether oxygens (including phenoxy) is 2. The van der Waals surface area contributed by atoms with Crippen molar-refractivity contribution in [3.8, 4) is 22.8 Å². The molecule has 1 aromatic heterocycles. The maximum Gasteiger partial charge on any atom is 0.162 e. The number of hydrogen-bond acceptors (Lipinski definition) is 5. The fourth-order valence-electron chi connectivity index (χ4n) is 4.05. The minimum atomic E-state index is 0. The number of halogens is 2. The number of likely N-dealkylation sites (N-methyl/N-ethyl adjacent to an activating group) is 1. The second-order valence-electron chi connectivity index (χ2n) is 7.33. The lowest BCUT2D eigenvalue weighted by atomic mass is 10.1. The van der Waals surface area contributed by atoms with Crippen molar-refractivity contribution in [1.29, 1.82) is 0 Å². The summed E-state index contributed by atoms with van der Waals surface area (Å²) in [4.78, 5) is 10.0. The van der Waals surface area contributed by atoms with E-state index in [1.807, 2.05) is 12.1 Å². The summed E-state index contributed by atoms with van der Waals surface area (Å²) in [6.45, 7) is 8.72. The fraction of sp³-hybridized carbons (Fsp3) is 0.348. The third-order valence-corrected chi connectivity index (χ3v) is 5.68. The molecule has 160 valence electrons. The van der Waals surface area contributed by atoms with Gasteiger partial charge in [0.2, 0.25) is 0 Å². The minimum Gasteiger partial charge on any atom is -0.486 e. The molecule has 2 aliphatic rings. The average molecular weight is 448 g/mol. The summed E-state index contributed by atoms with van der Waals surface area (Å²) < 4.78 is 11.4. The molecule has 30 heavy (non-hydrogen) atoms. The second kappa shape index (κ2) is 9.73. The third kappa shape index (κ3) is 4.29. The molecule has 5 nitrogen and oxygen atoms in total. The van der Waals surface area contributed by atoms with Crippen molar-refractivity contribution in [3.63, 3.8) is 0 Å². The Kier molecular flexibility index (Phi) is 7.29. The van der Waals surface area contributed by atoms with Gasteiger partial charge in [0.15, 0.2) is 11.5 Å². The van der Waals surface area contributed by atoms with Crippen LogP contribution in [0.4, 0.5) is 5.82 Å². The number of piperazine rings is 1. The quantitative estimate of drug-likeness (QED) is 0.583. The Hall–Kier alpha value is -2.21. The van der Waals surface area contributed by atoms with Crippen molar-refractivity contribution in [2.45, 2.75) is 6.92 Å². The smallest absolute Gasteiger partial charge is 0.162 e. The number of rotatable bonds is 3. The normalized spacial score (nSPS) is 16.0. The van der Waals surface area contributed by atoms with Crippen LogP contribution >= 0.6 is 24.8 Å². The van der Waals surface area contributed by atoms with E-state index < -0.39 is 0 Å². The Labute approximate surface area is 189 Å². The predicted molar refractivity (Wildman–Crippen MR) is 127 cm³/mol. The van der Waals surface area contributed by atoms with Crippen molar-refractivity contribution in [3.05, 3.63) is 48.5 Å². The molecular formula is C23H27Cl2N3O2. The highest BCUT2D eigenvalue weighted by molar-refractivity contribution is 5.95. The first kappa shape index (κ1) is 22.5. The molecule has 1 fully saturated rings. The van der Waals surface area contributed by atoms with Crippen LogP contribution in [0.15, 0.2) is 48.5 Å². The Morgan fingerprint density at radius 2 is 1.60 bits per heavy atom. The molecule has 0 atom stereocenters. The van der Waals surface area contributed by atoms with Gasteiger partial charge in [-0.2, -0.15) is 0 Å². The van der Waals surface area contributed by atoms with E-state index in [1.54, 1.807) is 0 Å². The van der Waals surface area contributed by atoms with Crippen LogP contribution in [0.1, 0.15) is 6.92 Å². The molecule has 0 bridgehead atoms. The van der Waals surface area contributed by atoms with E-state index in [0.29, 0.717) is 13.2 Å². The second-order valence-corrected chi connectivity index (χ2v) is 7.33. The van der Waals surface area contributed by atoms with E-state index in [9.17, 15) is 0 Å². The van der Waals surface area contributed by atoms with Crippen LogP contribution in [0.2, 0.25) is 0 Å². The molecule has 0 amide bonds. The van der Waals surface area contributed by atoms with Gasteiger partial charge in [0.1, 0.15) is 19.0 Å². The molecule has 2 aromatic carbocycles. The Bertz CT molecular complexity index is 1010. The molecule has 3 aromatic rings. The molecule has 0 unspecified atom stereocenters. The molecular weight excluding hydrogens is 421 g/mol. The molecule has 1 saturated heterocycles. The monoisotopic (exact) mass is 447 g/mol. The van der Waals surface area contributed by atoms with Crippen LogP contribution < -0.4 is 14.4 Å². The zero-order valence-corrected chi connectivity index (χ0v) is 18.7. The van der Waals surface area contributed by atoms with Gasteiger partial charge < -0.3 is 19.3 Å². The molecule has 7 heteroatoms. The van der Waals surface area contributed by atoms with Crippen molar-refractivity contribution < 1.29 is 9.47 Å². The Morgan fingerprint density at radius 1 is 0.867 bits per heavy atom. The molecule has 5 rings (SSSR count). The molecule has 3 heterocycles. The predicted octanol–water partition coefficient (Wildman–Crippen LogP) is 4.66. The molecule has 2 aliphatic heterocycles. The van der Waals surface area contributed by atoms with Crippen molar-refractivity contribution in [2.24, 2.45) is 0 Å². The Balaban J connectivity index is 0.00000128. The largest absolute Gasteiger partial charge is 0.486 e. The van der Waals surface area contributed by atoms with E-state index >= 15 is 0 Å². The minimum absolute atomic E-state index is 0. The van der Waals surface area contributed by atoms with E-state index in [2.05, 4.69) is 53.1 Å². The van der Waals surface area contributed by atoms with Crippen molar-refractivity contribution >= 4 is 41.4 Å². The maximum absolute atomic E-state index is 5.78. The lowest BCUT2D eigenvalue weighted by Crippen LogP contribution is -2.46. The number of pyridine rings is 1. The molecule has 0 aliphatic carbocycles. The van der Waals surface area contributed by atoms with Gasteiger partial charge in [-0.1, -0.05) is 31.2 Å². The summed E-state index contributed by atoms with van der Waals surface area (Å²) in [5, 5.41) is 2.43. The standard InChI is InChI=1S/C23H25N3O2.2ClH/c1-2-25-9-11-26(12-10-25)23-19-6-4-3-5-17(19)15-20(24-23)18-7-8-21-22(16-18)28-14-13-27-21;;/h3-8,15-16H,2,9-14H2,1H3;2*1H. The summed E-state index contributed by atoms with van der Waals surface area (Å²) in [5.74, 6) is 2.70. The topological polar surface area (TPSA) is 37.8 Å². The summed E-state index contributed by atoms with van der Waals surface area (Å²) in [5.41, 5.74) is 2.03. The zero-order chi connectivity index (χ0) is 18.9. The first-order valence-electron chi connectivity index (χ1n) is 10.1. The summed E-state index contributed by atoms with van der Waals surface area (Å²) in [7, 11) is 0. The van der Waals surface area contributed by atoms with Gasteiger partial charge in [-0.25, -0.2) is 4.98 Å². The molecule has 0 radical (unpaired) electrons. The summed E-state index contributed by atoms with van der Waals surface area (Å²) in [6.07, 6.45) is 0. The van der Waals surface area contributed by atoms with Gasteiger partial charge in [0, 0.05) is 37.1 Å². The molecule has 0 N–H and O–H groups in total. The van der Waals surface area contributed by atoms with E-state index in [4.69, 9.17) is 14.5 Å². The first-order chi connectivity index (χ1) is 13.8. The average Bonchev–Trinajstić information content (AvgIpc) is 2.78. The number of fused-ring (bicyclic) bond motifs is 2. The third-order valence-electron chi connectivity index (χ3n) is 5.68. The van der Waals surface area contributed by atoms with Crippen molar-refractivity contribution in [1.82, 2.24) is 9.88 Å². The van der Waals surface area contributed by atoms with Gasteiger partial charge >= 0.3 is 0 Å². The van der Waals surface area contributed by atoms with Crippen LogP contribution in [-0.4, -0.2) is 55.8 Å². The van der Waals surface area contributed by atoms with Crippen LogP contribution in [0.25, 0.3) is 22.0 Å². The van der Waals surface area contributed by atoms with Gasteiger partial charge in [-0.15, -0.1) is 24.8 Å². The van der Waals surface area contributed by atoms with Crippen LogP contribution in [0.3, 0.4) is 0 Å². The SMILES string of the molecule is CCN1CCN(c2nc(-c3ccc4c(c3)OCCO4)cc3ccccc23)CC1.Cl.Cl.